The van der Waals surface area contributed by atoms with E-state index in [1.807, 2.05) is 20.8 Å². The van der Waals surface area contributed by atoms with Crippen molar-refractivity contribution in [3.63, 3.8) is 0 Å². The molecule has 0 saturated carbocycles. The van der Waals surface area contributed by atoms with Crippen molar-refractivity contribution in [3.05, 3.63) is 72.6 Å². The predicted molar refractivity (Wildman–Crippen MR) is 166 cm³/mol. The number of para-hydroxylation sites is 2. The third-order valence-corrected chi connectivity index (χ3v) is 6.83. The highest BCUT2D eigenvalue weighted by Gasteiger charge is 2.26. The molecule has 224 valence electrons. The summed E-state index contributed by atoms with van der Waals surface area (Å²) in [6, 6.07) is 15.0. The lowest BCUT2D eigenvalue weighted by Gasteiger charge is -2.20. The van der Waals surface area contributed by atoms with Crippen LogP contribution in [0.5, 0.6) is 23.1 Å². The fourth-order valence-electron chi connectivity index (χ4n) is 3.48. The second-order valence-electron chi connectivity index (χ2n) is 9.31. The van der Waals surface area contributed by atoms with Crippen molar-refractivity contribution in [2.45, 2.75) is 31.1 Å². The highest BCUT2D eigenvalue weighted by molar-refractivity contribution is 7.92. The number of hydrogen-bond acceptors (Lipinski definition) is 10. The number of ether oxygens (including phenoxy) is 3. The molecule has 2 aromatic heterocycles. The Balaban J connectivity index is -0.000000353. The molecule has 0 aliphatic rings. The largest absolute Gasteiger partial charge is 0.493 e. The fraction of sp³-hybridized carbons (Fsp3) is 0.259. The van der Waals surface area contributed by atoms with Crippen molar-refractivity contribution in [1.29, 1.82) is 0 Å². The van der Waals surface area contributed by atoms with Crippen LogP contribution in [0.15, 0.2) is 71.9 Å². The highest BCUT2D eigenvalue weighted by atomic mass is 32.2. The van der Waals surface area contributed by atoms with E-state index in [-0.39, 0.29) is 72.6 Å². The van der Waals surface area contributed by atoms with E-state index in [9.17, 15) is 13.5 Å². The molecule has 0 spiro atoms. The molecule has 0 atom stereocenters. The molecule has 2 aromatic carbocycles. The summed E-state index contributed by atoms with van der Waals surface area (Å²) in [6.45, 7) is 5.65. The molecule has 0 radical (unpaired) electrons. The van der Waals surface area contributed by atoms with E-state index in [1.165, 1.54) is 31.6 Å². The molecule has 2 N–H and O–H groups in total. The Morgan fingerprint density at radius 1 is 0.923 bits per heavy atom. The van der Waals surface area contributed by atoms with Gasteiger partial charge in [0.25, 0.3) is 15.9 Å². The standard InChI is InChI=1S/C27H29N5O6S.10H2/c1-27(2,3)18-10-12-19(13-11-18)39(34,35)32-23-22(38-21-9-6-5-8-20(21)36-4)26(37-17-16-33)31-25(30-23)24-28-14-7-15-29-24;;;;;;;;;;/h5-15,33H,16-17H2,1-4H3,(H,30,31,32);10*1H. The van der Waals surface area contributed by atoms with Crippen LogP contribution in [0.4, 0.5) is 5.82 Å². The number of benzene rings is 2. The van der Waals surface area contributed by atoms with Crippen LogP contribution in [0.2, 0.25) is 0 Å². The molecule has 0 amide bonds. The Morgan fingerprint density at radius 2 is 1.59 bits per heavy atom. The Labute approximate surface area is 241 Å². The van der Waals surface area contributed by atoms with E-state index in [0.29, 0.717) is 5.75 Å². The first-order valence-electron chi connectivity index (χ1n) is 12.0. The van der Waals surface area contributed by atoms with Crippen LogP contribution in [0, 0.1) is 0 Å². The lowest BCUT2D eigenvalue weighted by atomic mass is 9.87. The first kappa shape index (κ1) is 27.7. The Morgan fingerprint density at radius 3 is 2.21 bits per heavy atom. The fourth-order valence-corrected chi connectivity index (χ4v) is 4.48. The van der Waals surface area contributed by atoms with Gasteiger partial charge in [0.1, 0.15) is 6.61 Å². The summed E-state index contributed by atoms with van der Waals surface area (Å²) < 4.78 is 46.6. The molecule has 0 aliphatic heterocycles. The second-order valence-corrected chi connectivity index (χ2v) is 11.0. The summed E-state index contributed by atoms with van der Waals surface area (Å²) in [5.41, 5.74) is 0.827. The van der Waals surface area contributed by atoms with Crippen molar-refractivity contribution >= 4 is 15.8 Å². The van der Waals surface area contributed by atoms with E-state index < -0.39 is 10.0 Å². The normalized spacial score (nSPS) is 11.6. The van der Waals surface area contributed by atoms with Crippen LogP contribution in [0.3, 0.4) is 0 Å². The second kappa shape index (κ2) is 11.6. The number of aliphatic hydroxyl groups is 1. The number of rotatable bonds is 10. The number of aromatic nitrogens is 4. The van der Waals surface area contributed by atoms with Gasteiger partial charge in [-0.05, 0) is 41.3 Å². The maximum Gasteiger partial charge on any atom is 0.263 e. The van der Waals surface area contributed by atoms with Crippen molar-refractivity contribution in [1.82, 2.24) is 19.9 Å². The first-order valence-corrected chi connectivity index (χ1v) is 13.5. The van der Waals surface area contributed by atoms with Gasteiger partial charge in [0.05, 0.1) is 18.6 Å². The van der Waals surface area contributed by atoms with Crippen LogP contribution in [-0.2, 0) is 15.4 Å². The minimum Gasteiger partial charge on any atom is -0.493 e. The summed E-state index contributed by atoms with van der Waals surface area (Å²) >= 11 is 0. The van der Waals surface area contributed by atoms with Crippen molar-refractivity contribution in [3.8, 4) is 34.8 Å². The van der Waals surface area contributed by atoms with Crippen molar-refractivity contribution < 1.29 is 42.0 Å². The lowest BCUT2D eigenvalue weighted by Crippen LogP contribution is -2.17. The molecule has 0 fully saturated rings. The summed E-state index contributed by atoms with van der Waals surface area (Å²) in [4.78, 5) is 17.1. The summed E-state index contributed by atoms with van der Waals surface area (Å²) in [6.07, 6.45) is 3.00. The molecule has 0 bridgehead atoms. The number of nitrogens with zero attached hydrogens (tertiary/aromatic N) is 4. The van der Waals surface area contributed by atoms with Gasteiger partial charge in [-0.1, -0.05) is 45.0 Å². The van der Waals surface area contributed by atoms with E-state index in [4.69, 9.17) is 14.2 Å². The van der Waals surface area contributed by atoms with Crippen LogP contribution < -0.4 is 18.9 Å². The van der Waals surface area contributed by atoms with Gasteiger partial charge in [-0.2, -0.15) is 4.98 Å². The number of aliphatic hydroxyl groups excluding tert-OH is 1. The third kappa shape index (κ3) is 6.59. The third-order valence-electron chi connectivity index (χ3n) is 5.47. The molecule has 12 heteroatoms. The highest BCUT2D eigenvalue weighted by Crippen LogP contribution is 2.41. The molecule has 0 aliphatic carbocycles. The van der Waals surface area contributed by atoms with Crippen LogP contribution in [-0.4, -0.2) is 53.8 Å². The SMILES string of the molecule is COc1ccccc1Oc1c(NS(=O)(=O)c2ccc(C(C)(C)C)cc2)nc(-c2ncccn2)nc1OCCO.[HH].[HH].[HH].[HH].[HH].[HH].[HH].[HH].[HH].[HH]. The lowest BCUT2D eigenvalue weighted by molar-refractivity contribution is 0.192. The van der Waals surface area contributed by atoms with E-state index >= 15 is 0 Å². The van der Waals surface area contributed by atoms with Gasteiger partial charge in [-0.25, -0.2) is 23.4 Å². The average molecular weight is 572 g/mol. The van der Waals surface area contributed by atoms with Gasteiger partial charge in [0.2, 0.25) is 11.6 Å². The molecule has 39 heavy (non-hydrogen) atoms. The van der Waals surface area contributed by atoms with Gasteiger partial charge < -0.3 is 19.3 Å². The number of hydrogen-bond donors (Lipinski definition) is 2. The maximum absolute atomic E-state index is 13.5. The predicted octanol–water partition coefficient (Wildman–Crippen LogP) is 6.66. The van der Waals surface area contributed by atoms with Gasteiger partial charge in [0.15, 0.2) is 23.1 Å². The zero-order chi connectivity index (χ0) is 28.0. The Hall–Kier alpha value is -4.29. The molecule has 4 rings (SSSR count). The molecule has 0 saturated heterocycles. The first-order chi connectivity index (χ1) is 18.6. The minimum atomic E-state index is -4.14. The molecule has 2 heterocycles. The number of anilines is 1. The zero-order valence-corrected chi connectivity index (χ0v) is 22.8. The molecule has 0 unspecified atom stereocenters. The van der Waals surface area contributed by atoms with E-state index in [2.05, 4.69) is 24.7 Å². The Bertz CT molecular complexity index is 1560. The monoisotopic (exact) mass is 571 g/mol. The molecule has 4 aromatic rings. The van der Waals surface area contributed by atoms with Gasteiger partial charge >= 0.3 is 0 Å². The van der Waals surface area contributed by atoms with Gasteiger partial charge in [0, 0.05) is 26.7 Å². The topological polar surface area (TPSA) is 146 Å². The van der Waals surface area contributed by atoms with E-state index in [0.717, 1.165) is 5.56 Å². The van der Waals surface area contributed by atoms with Crippen LogP contribution >= 0.6 is 0 Å². The summed E-state index contributed by atoms with van der Waals surface area (Å²) in [5, 5.41) is 9.40. The van der Waals surface area contributed by atoms with Gasteiger partial charge in [-0.15, -0.1) is 0 Å². The van der Waals surface area contributed by atoms with Crippen LogP contribution in [0.1, 0.15) is 40.6 Å². The number of methoxy groups -OCH3 is 1. The smallest absolute Gasteiger partial charge is 0.263 e. The number of nitrogens with one attached hydrogen (secondary N) is 1. The van der Waals surface area contributed by atoms with Gasteiger partial charge in [-0.3, -0.25) is 4.72 Å². The quantitative estimate of drug-likeness (QED) is 0.212. The van der Waals surface area contributed by atoms with Crippen molar-refractivity contribution in [2.75, 3.05) is 25.0 Å². The summed E-state index contributed by atoms with van der Waals surface area (Å²) in [5.74, 6) is 0.271. The van der Waals surface area contributed by atoms with Crippen LogP contribution in [0.25, 0.3) is 11.6 Å². The molecule has 11 nitrogen and oxygen atoms in total. The average Bonchev–Trinajstić information content (AvgIpc) is 2.93. The van der Waals surface area contributed by atoms with Crippen molar-refractivity contribution in [2.24, 2.45) is 0 Å². The number of sulfonamides is 1. The molecular formula is C27H49N5O6S. The molecular weight excluding hydrogens is 522 g/mol. The minimum absolute atomic E-state index is 0. The Kier molecular flexibility index (Phi) is 8.27. The zero-order valence-electron chi connectivity index (χ0n) is 22.0. The summed E-state index contributed by atoms with van der Waals surface area (Å²) in [7, 11) is -2.66. The maximum atomic E-state index is 13.5. The van der Waals surface area contributed by atoms with E-state index in [1.54, 1.807) is 42.5 Å².